The molecule has 0 N–H and O–H groups in total. The molecule has 0 spiro atoms. The number of hydrogen-bond acceptors (Lipinski definition) is 6. The molecule has 3 heterocycles. The fraction of sp³-hybridized carbons (Fsp3) is 0.393. The normalized spacial score (nSPS) is 19.0. The zero-order chi connectivity index (χ0) is 29.9. The van der Waals surface area contributed by atoms with Gasteiger partial charge in [0.25, 0.3) is 0 Å². The summed E-state index contributed by atoms with van der Waals surface area (Å²) in [6.07, 6.45) is -1.91. The molecule has 7 nitrogen and oxygen atoms in total. The van der Waals surface area contributed by atoms with E-state index in [0.29, 0.717) is 6.07 Å². The summed E-state index contributed by atoms with van der Waals surface area (Å²) in [5.74, 6) is -2.40. The Balaban J connectivity index is 1.60. The summed E-state index contributed by atoms with van der Waals surface area (Å²) in [7, 11) is 0. The molecule has 0 radical (unpaired) electrons. The summed E-state index contributed by atoms with van der Waals surface area (Å²) in [5.41, 5.74) is -2.73. The molecule has 222 valence electrons. The number of aromatic nitrogens is 2. The van der Waals surface area contributed by atoms with Crippen molar-refractivity contribution in [2.75, 3.05) is 43.4 Å². The number of amides is 1. The van der Waals surface area contributed by atoms with E-state index in [9.17, 15) is 27.2 Å². The lowest BCUT2D eigenvalue weighted by Gasteiger charge is -2.37. The van der Waals surface area contributed by atoms with E-state index < -0.39 is 51.3 Å². The summed E-state index contributed by atoms with van der Waals surface area (Å²) in [6, 6.07) is 1.62. The number of benzene rings is 2. The smallest absolute Gasteiger partial charge is 0.376 e. The van der Waals surface area contributed by atoms with Crippen molar-refractivity contribution in [3.05, 3.63) is 63.6 Å². The first kappa shape index (κ1) is 28.9. The Morgan fingerprint density at radius 3 is 2.50 bits per heavy atom. The van der Waals surface area contributed by atoms with Crippen LogP contribution in [-0.4, -0.2) is 65.0 Å². The SMILES string of the molecule is C=CC(=O)N1CCN(c2nc(=O)n3c4c(c(-c5cc(Cl)c(F)cc5F)c(C(F)(F)F)cc24)SCC3COC2CC2)CC1. The topological polar surface area (TPSA) is 67.7 Å². The Morgan fingerprint density at radius 2 is 1.86 bits per heavy atom. The maximum atomic E-state index is 15.2. The predicted octanol–water partition coefficient (Wildman–Crippen LogP) is 5.67. The van der Waals surface area contributed by atoms with Gasteiger partial charge in [-0.15, -0.1) is 11.8 Å². The first-order valence-corrected chi connectivity index (χ1v) is 14.6. The second-order valence-electron chi connectivity index (χ2n) is 10.4. The lowest BCUT2D eigenvalue weighted by Crippen LogP contribution is -2.49. The number of halogens is 6. The third kappa shape index (κ3) is 5.15. The molecule has 1 amide bonds. The van der Waals surface area contributed by atoms with Crippen LogP contribution < -0.4 is 10.6 Å². The summed E-state index contributed by atoms with van der Waals surface area (Å²) in [5, 5.41) is -0.482. The molecule has 0 bridgehead atoms. The van der Waals surface area contributed by atoms with Crippen molar-refractivity contribution in [2.24, 2.45) is 0 Å². The first-order valence-electron chi connectivity index (χ1n) is 13.2. The van der Waals surface area contributed by atoms with Gasteiger partial charge in [-0.05, 0) is 31.1 Å². The number of anilines is 1. The summed E-state index contributed by atoms with van der Waals surface area (Å²) >= 11 is 6.96. The van der Waals surface area contributed by atoms with Gasteiger partial charge in [-0.25, -0.2) is 13.6 Å². The molecule has 6 rings (SSSR count). The zero-order valence-electron chi connectivity index (χ0n) is 22.0. The van der Waals surface area contributed by atoms with Gasteiger partial charge in [0.1, 0.15) is 17.5 Å². The molecular weight excluding hydrogens is 603 g/mol. The van der Waals surface area contributed by atoms with Crippen LogP contribution in [0.25, 0.3) is 22.0 Å². The van der Waals surface area contributed by atoms with Gasteiger partial charge in [0.2, 0.25) is 5.91 Å². The number of rotatable bonds is 6. The van der Waals surface area contributed by atoms with Crippen LogP contribution in [0.5, 0.6) is 0 Å². The Hall–Kier alpha value is -3.16. The maximum absolute atomic E-state index is 15.2. The summed E-state index contributed by atoms with van der Waals surface area (Å²) < 4.78 is 80.6. The number of thioether (sulfide) groups is 1. The van der Waals surface area contributed by atoms with Crippen LogP contribution in [0.3, 0.4) is 0 Å². The second-order valence-corrected chi connectivity index (χ2v) is 11.8. The van der Waals surface area contributed by atoms with Crippen LogP contribution in [0, 0.1) is 11.6 Å². The highest BCUT2D eigenvalue weighted by Crippen LogP contribution is 2.50. The molecule has 1 saturated carbocycles. The number of alkyl halides is 3. The molecule has 3 aliphatic rings. The average molecular weight is 627 g/mol. The van der Waals surface area contributed by atoms with Gasteiger partial charge >= 0.3 is 11.9 Å². The van der Waals surface area contributed by atoms with Crippen molar-refractivity contribution in [3.8, 4) is 11.1 Å². The number of carbonyl (C=O) groups is 1. The van der Waals surface area contributed by atoms with Crippen molar-refractivity contribution in [1.82, 2.24) is 14.5 Å². The molecule has 1 saturated heterocycles. The van der Waals surface area contributed by atoms with Crippen molar-refractivity contribution >= 4 is 46.0 Å². The Kier molecular flexibility index (Phi) is 7.47. The minimum atomic E-state index is -4.95. The molecular formula is C28H24ClF5N4O3S. The third-order valence-electron chi connectivity index (χ3n) is 7.63. The predicted molar refractivity (Wildman–Crippen MR) is 149 cm³/mol. The number of ether oxygens (including phenoxy) is 1. The van der Waals surface area contributed by atoms with Crippen molar-refractivity contribution in [3.63, 3.8) is 0 Å². The minimum absolute atomic E-state index is 0.0188. The lowest BCUT2D eigenvalue weighted by molar-refractivity contribution is -0.137. The van der Waals surface area contributed by atoms with Gasteiger partial charge in [-0.1, -0.05) is 18.2 Å². The van der Waals surface area contributed by atoms with Gasteiger partial charge in [0.05, 0.1) is 34.9 Å². The highest BCUT2D eigenvalue weighted by atomic mass is 35.5. The average Bonchev–Trinajstić information content (AvgIpc) is 3.79. The molecule has 1 unspecified atom stereocenters. The number of carbonyl (C=O) groups excluding carboxylic acids is 1. The van der Waals surface area contributed by atoms with Crippen LogP contribution in [0.15, 0.2) is 40.5 Å². The standard InChI is InChI=1S/C28H24ClF5N4O3S/c1-2-22(39)36-5-7-37(8-6-36)26-17-9-18(28(32,33)34)23(16-10-19(29)21(31)11-20(16)30)25-24(17)38(27(40)35-26)14(13-42-25)12-41-15-3-4-15/h2,9-11,14-15H,1,3-8,12-13H2. The highest BCUT2D eigenvalue weighted by Gasteiger charge is 2.40. The maximum Gasteiger partial charge on any atom is 0.417 e. The van der Waals surface area contributed by atoms with Crippen LogP contribution in [0.4, 0.5) is 27.8 Å². The van der Waals surface area contributed by atoms with Gasteiger partial charge < -0.3 is 14.5 Å². The largest absolute Gasteiger partial charge is 0.417 e. The van der Waals surface area contributed by atoms with Gasteiger partial charge in [-0.2, -0.15) is 18.2 Å². The first-order chi connectivity index (χ1) is 20.0. The highest BCUT2D eigenvalue weighted by molar-refractivity contribution is 7.99. The Morgan fingerprint density at radius 1 is 1.14 bits per heavy atom. The van der Waals surface area contributed by atoms with E-state index in [-0.39, 0.29) is 72.2 Å². The van der Waals surface area contributed by atoms with Crippen LogP contribution in [0.2, 0.25) is 5.02 Å². The number of piperazine rings is 1. The van der Waals surface area contributed by atoms with E-state index in [1.807, 2.05) is 0 Å². The zero-order valence-corrected chi connectivity index (χ0v) is 23.6. The second kappa shape index (κ2) is 10.8. The third-order valence-corrected chi connectivity index (χ3v) is 9.16. The number of hydrogen-bond donors (Lipinski definition) is 0. The minimum Gasteiger partial charge on any atom is -0.376 e. The van der Waals surface area contributed by atoms with E-state index in [2.05, 4.69) is 11.6 Å². The molecule has 2 aliphatic heterocycles. The summed E-state index contributed by atoms with van der Waals surface area (Å²) in [6.45, 7) is 4.57. The van der Waals surface area contributed by atoms with E-state index >= 15 is 4.39 Å². The van der Waals surface area contributed by atoms with Gasteiger partial charge in [-0.3, -0.25) is 9.36 Å². The van der Waals surface area contributed by atoms with E-state index in [4.69, 9.17) is 16.3 Å². The molecule has 14 heteroatoms. The van der Waals surface area contributed by atoms with E-state index in [1.54, 1.807) is 9.80 Å². The van der Waals surface area contributed by atoms with E-state index in [0.717, 1.165) is 36.7 Å². The van der Waals surface area contributed by atoms with Crippen LogP contribution in [0.1, 0.15) is 24.4 Å². The van der Waals surface area contributed by atoms with Crippen LogP contribution in [-0.2, 0) is 15.7 Å². The fourth-order valence-electron chi connectivity index (χ4n) is 5.41. The Bertz CT molecular complexity index is 1670. The van der Waals surface area contributed by atoms with Crippen molar-refractivity contribution < 1.29 is 31.5 Å². The number of nitrogens with zero attached hydrogens (tertiary/aromatic N) is 4. The van der Waals surface area contributed by atoms with Crippen molar-refractivity contribution in [2.45, 2.75) is 36.1 Å². The van der Waals surface area contributed by atoms with Crippen molar-refractivity contribution in [1.29, 1.82) is 0 Å². The molecule has 2 fully saturated rings. The van der Waals surface area contributed by atoms with E-state index in [1.165, 1.54) is 10.6 Å². The van der Waals surface area contributed by atoms with Crippen LogP contribution >= 0.6 is 23.4 Å². The molecule has 42 heavy (non-hydrogen) atoms. The van der Waals surface area contributed by atoms with Gasteiger partial charge in [0.15, 0.2) is 0 Å². The fourth-order valence-corrected chi connectivity index (χ4v) is 6.89. The lowest BCUT2D eigenvalue weighted by atomic mass is 9.95. The monoisotopic (exact) mass is 626 g/mol. The molecule has 2 aromatic carbocycles. The molecule has 1 atom stereocenters. The molecule has 3 aromatic rings. The Labute approximate surface area is 245 Å². The molecule has 1 aliphatic carbocycles. The molecule has 1 aromatic heterocycles. The van der Waals surface area contributed by atoms with Gasteiger partial charge in [0, 0.05) is 59.4 Å². The summed E-state index contributed by atoms with van der Waals surface area (Å²) in [4.78, 5) is 33.2. The quantitative estimate of drug-likeness (QED) is 0.200.